The van der Waals surface area contributed by atoms with Crippen LogP contribution in [0.25, 0.3) is 0 Å². The second-order valence-electron chi connectivity index (χ2n) is 5.14. The summed E-state index contributed by atoms with van der Waals surface area (Å²) in [7, 11) is 0. The van der Waals surface area contributed by atoms with E-state index in [1.165, 1.54) is 12.8 Å². The Hall–Kier alpha value is -0.0800. The molecule has 0 radical (unpaired) electrons. The Morgan fingerprint density at radius 2 is 1.33 bits per heavy atom. The molecule has 0 aromatic heterocycles. The van der Waals surface area contributed by atoms with E-state index in [1.807, 2.05) is 0 Å². The molecular formula is C10H14O2. The second-order valence-corrected chi connectivity index (χ2v) is 5.14. The first-order chi connectivity index (χ1) is 5.87. The molecule has 2 aliphatic heterocycles. The molecule has 2 saturated heterocycles. The van der Waals surface area contributed by atoms with Gasteiger partial charge < -0.3 is 9.47 Å². The molecular weight excluding hydrogens is 152 g/mol. The monoisotopic (exact) mass is 166 g/mol. The second kappa shape index (κ2) is 1.60. The minimum absolute atomic E-state index is 0.605. The van der Waals surface area contributed by atoms with E-state index in [0.717, 1.165) is 38.3 Å². The van der Waals surface area contributed by atoms with E-state index < -0.39 is 0 Å². The van der Waals surface area contributed by atoms with Crippen LogP contribution in [0.15, 0.2) is 0 Å². The fourth-order valence-corrected chi connectivity index (χ4v) is 3.83. The summed E-state index contributed by atoms with van der Waals surface area (Å²) in [5.74, 6) is 1.81. The van der Waals surface area contributed by atoms with Crippen LogP contribution in [-0.2, 0) is 9.47 Å². The zero-order valence-corrected chi connectivity index (χ0v) is 7.21. The van der Waals surface area contributed by atoms with Crippen molar-refractivity contribution in [1.29, 1.82) is 0 Å². The number of fused-ring (bicyclic) bond motifs is 3. The third-order valence-corrected chi connectivity index (χ3v) is 4.81. The van der Waals surface area contributed by atoms with Crippen LogP contribution < -0.4 is 0 Å². The Bertz CT molecular complexity index is 226. The minimum Gasteiger partial charge on any atom is -0.381 e. The molecule has 4 unspecified atom stereocenters. The van der Waals surface area contributed by atoms with Crippen molar-refractivity contribution < 1.29 is 9.47 Å². The van der Waals surface area contributed by atoms with Gasteiger partial charge in [0.25, 0.3) is 0 Å². The molecule has 2 heterocycles. The van der Waals surface area contributed by atoms with Crippen LogP contribution in [-0.4, -0.2) is 26.4 Å². The average Bonchev–Trinajstić information content (AvgIpc) is 2.91. The van der Waals surface area contributed by atoms with Crippen LogP contribution in [0.1, 0.15) is 12.8 Å². The van der Waals surface area contributed by atoms with E-state index >= 15 is 0 Å². The number of hydrogen-bond acceptors (Lipinski definition) is 2. The molecule has 4 rings (SSSR count). The van der Waals surface area contributed by atoms with Crippen LogP contribution in [0.5, 0.6) is 0 Å². The smallest absolute Gasteiger partial charge is 0.0532 e. The largest absolute Gasteiger partial charge is 0.381 e. The summed E-state index contributed by atoms with van der Waals surface area (Å²) in [5.41, 5.74) is 1.21. The lowest BCUT2D eigenvalue weighted by Gasteiger charge is -2.20. The van der Waals surface area contributed by atoms with Gasteiger partial charge in [-0.05, 0) is 24.7 Å². The molecule has 4 aliphatic rings. The average molecular weight is 166 g/mol. The van der Waals surface area contributed by atoms with Crippen molar-refractivity contribution in [3.63, 3.8) is 0 Å². The maximum atomic E-state index is 5.56. The summed E-state index contributed by atoms with van der Waals surface area (Å²) < 4.78 is 11.1. The summed E-state index contributed by atoms with van der Waals surface area (Å²) in [4.78, 5) is 0. The molecule has 2 heteroatoms. The van der Waals surface area contributed by atoms with Crippen LogP contribution >= 0.6 is 0 Å². The number of hydrogen-bond donors (Lipinski definition) is 0. The molecule has 0 spiro atoms. The van der Waals surface area contributed by atoms with E-state index in [1.54, 1.807) is 0 Å². The van der Waals surface area contributed by atoms with Crippen LogP contribution in [0.4, 0.5) is 0 Å². The highest BCUT2D eigenvalue weighted by Gasteiger charge is 2.78. The van der Waals surface area contributed by atoms with E-state index in [9.17, 15) is 0 Å². The normalized spacial score (nSPS) is 66.0. The highest BCUT2D eigenvalue weighted by atomic mass is 16.5. The third-order valence-electron chi connectivity index (χ3n) is 4.81. The highest BCUT2D eigenvalue weighted by Crippen LogP contribution is 2.79. The van der Waals surface area contributed by atoms with E-state index in [-0.39, 0.29) is 0 Å². The summed E-state index contributed by atoms with van der Waals surface area (Å²) in [6, 6.07) is 0. The molecule has 2 aliphatic carbocycles. The van der Waals surface area contributed by atoms with Crippen molar-refractivity contribution in [2.24, 2.45) is 22.7 Å². The maximum absolute atomic E-state index is 5.56. The van der Waals surface area contributed by atoms with Gasteiger partial charge in [-0.15, -0.1) is 0 Å². The summed E-state index contributed by atoms with van der Waals surface area (Å²) in [6.45, 7) is 4.15. The Labute approximate surface area is 72.2 Å². The van der Waals surface area contributed by atoms with Gasteiger partial charge in [0, 0.05) is 10.8 Å². The zero-order chi connectivity index (χ0) is 7.81. The quantitative estimate of drug-likeness (QED) is 0.580. The van der Waals surface area contributed by atoms with Gasteiger partial charge in [0.2, 0.25) is 0 Å². The lowest BCUT2D eigenvalue weighted by Crippen LogP contribution is -2.24. The molecule has 66 valence electrons. The summed E-state index contributed by atoms with van der Waals surface area (Å²) >= 11 is 0. The van der Waals surface area contributed by atoms with Crippen LogP contribution in [0.3, 0.4) is 0 Å². The molecule has 0 aromatic carbocycles. The van der Waals surface area contributed by atoms with E-state index in [2.05, 4.69) is 0 Å². The molecule has 12 heavy (non-hydrogen) atoms. The Morgan fingerprint density at radius 1 is 0.833 bits per heavy atom. The Balaban J connectivity index is 1.73. The summed E-state index contributed by atoms with van der Waals surface area (Å²) in [6.07, 6.45) is 2.87. The van der Waals surface area contributed by atoms with Gasteiger partial charge in [-0.2, -0.15) is 0 Å². The topological polar surface area (TPSA) is 18.5 Å². The first-order valence-electron chi connectivity index (χ1n) is 5.03. The van der Waals surface area contributed by atoms with Gasteiger partial charge in [-0.25, -0.2) is 0 Å². The molecule has 0 bridgehead atoms. The van der Waals surface area contributed by atoms with Crippen molar-refractivity contribution in [2.75, 3.05) is 26.4 Å². The Kier molecular flexibility index (Phi) is 0.851. The van der Waals surface area contributed by atoms with Crippen LogP contribution in [0, 0.1) is 22.7 Å². The number of ether oxygens (including phenoxy) is 2. The highest BCUT2D eigenvalue weighted by molar-refractivity contribution is 5.25. The van der Waals surface area contributed by atoms with Gasteiger partial charge in [0.05, 0.1) is 26.4 Å². The van der Waals surface area contributed by atoms with Crippen molar-refractivity contribution in [3.05, 3.63) is 0 Å². The fraction of sp³-hybridized carbons (Fsp3) is 1.00. The maximum Gasteiger partial charge on any atom is 0.0532 e. The van der Waals surface area contributed by atoms with Crippen molar-refractivity contribution >= 4 is 0 Å². The van der Waals surface area contributed by atoms with E-state index in [4.69, 9.17) is 9.47 Å². The Morgan fingerprint density at radius 3 is 1.58 bits per heavy atom. The SMILES string of the molecule is C1OCC2(C34COCC3C4)CC12. The lowest BCUT2D eigenvalue weighted by atomic mass is 9.84. The predicted octanol–water partition coefficient (Wildman–Crippen LogP) is 1.06. The molecule has 2 nitrogen and oxygen atoms in total. The van der Waals surface area contributed by atoms with Crippen LogP contribution in [0.2, 0.25) is 0 Å². The zero-order valence-electron chi connectivity index (χ0n) is 7.21. The molecule has 0 aromatic rings. The fourth-order valence-electron chi connectivity index (χ4n) is 3.83. The van der Waals surface area contributed by atoms with Crippen molar-refractivity contribution in [2.45, 2.75) is 12.8 Å². The summed E-state index contributed by atoms with van der Waals surface area (Å²) in [5, 5.41) is 0. The van der Waals surface area contributed by atoms with Crippen molar-refractivity contribution in [1.82, 2.24) is 0 Å². The first kappa shape index (κ1) is 6.39. The first-order valence-corrected chi connectivity index (χ1v) is 5.03. The standard InChI is InChI=1S/C10H14O2/c1-7-3-11-5-9(1,7)10-2-8(10)4-12-6-10/h7-8H,1-6H2. The molecule has 4 fully saturated rings. The van der Waals surface area contributed by atoms with Gasteiger partial charge in [0.1, 0.15) is 0 Å². The molecule has 0 N–H and O–H groups in total. The molecule has 0 amide bonds. The van der Waals surface area contributed by atoms with Gasteiger partial charge in [0.15, 0.2) is 0 Å². The predicted molar refractivity (Wildman–Crippen MR) is 42.7 cm³/mol. The van der Waals surface area contributed by atoms with Crippen molar-refractivity contribution in [3.8, 4) is 0 Å². The lowest BCUT2D eigenvalue weighted by molar-refractivity contribution is 0.0853. The van der Waals surface area contributed by atoms with Gasteiger partial charge in [-0.1, -0.05) is 0 Å². The van der Waals surface area contributed by atoms with Gasteiger partial charge >= 0.3 is 0 Å². The number of rotatable bonds is 1. The third kappa shape index (κ3) is 0.471. The minimum atomic E-state index is 0.605. The van der Waals surface area contributed by atoms with Gasteiger partial charge in [-0.3, -0.25) is 0 Å². The molecule has 2 saturated carbocycles. The van der Waals surface area contributed by atoms with E-state index in [0.29, 0.717) is 10.8 Å². The molecule has 4 atom stereocenters.